The summed E-state index contributed by atoms with van der Waals surface area (Å²) in [6.07, 6.45) is 7.94. The lowest BCUT2D eigenvalue weighted by Crippen LogP contribution is -2.48. The number of amides is 1. The standard InChI is InChI=1S/C22H33N3O2/c1-4-17(2)20-16-19(8-9-21(20)23-3)27-22(26)25-14-10-18(11-15-25)24-12-6-5-7-13-24/h4,8-9,16,18,23H,5-7,10-15H2,1-3H3/b17-4-. The van der Waals surface area contributed by atoms with Crippen LogP contribution < -0.4 is 10.1 Å². The van der Waals surface area contributed by atoms with Gasteiger partial charge in [0.05, 0.1) is 0 Å². The summed E-state index contributed by atoms with van der Waals surface area (Å²) in [6, 6.07) is 6.40. The Labute approximate surface area is 163 Å². The van der Waals surface area contributed by atoms with Crippen molar-refractivity contribution in [3.05, 3.63) is 29.8 Å². The molecule has 27 heavy (non-hydrogen) atoms. The lowest BCUT2D eigenvalue weighted by atomic mass is 10.0. The van der Waals surface area contributed by atoms with Crippen LogP contribution in [0.5, 0.6) is 5.75 Å². The first-order valence-corrected chi connectivity index (χ1v) is 10.3. The van der Waals surface area contributed by atoms with Crippen molar-refractivity contribution < 1.29 is 9.53 Å². The topological polar surface area (TPSA) is 44.8 Å². The highest BCUT2D eigenvalue weighted by atomic mass is 16.6. The quantitative estimate of drug-likeness (QED) is 0.840. The molecular formula is C22H33N3O2. The van der Waals surface area contributed by atoms with E-state index in [0.29, 0.717) is 11.8 Å². The van der Waals surface area contributed by atoms with Crippen molar-refractivity contribution in [1.29, 1.82) is 0 Å². The van der Waals surface area contributed by atoms with Crippen LogP contribution in [0, 0.1) is 0 Å². The first kappa shape index (κ1) is 19.7. The third kappa shape index (κ3) is 4.83. The van der Waals surface area contributed by atoms with Crippen molar-refractivity contribution in [3.63, 3.8) is 0 Å². The van der Waals surface area contributed by atoms with Gasteiger partial charge in [0.2, 0.25) is 0 Å². The summed E-state index contributed by atoms with van der Waals surface area (Å²) < 4.78 is 5.69. The number of hydrogen-bond donors (Lipinski definition) is 1. The highest BCUT2D eigenvalue weighted by Crippen LogP contribution is 2.29. The van der Waals surface area contributed by atoms with Gasteiger partial charge in [-0.15, -0.1) is 0 Å². The third-order valence-electron chi connectivity index (χ3n) is 5.95. The molecule has 0 spiro atoms. The first-order chi connectivity index (χ1) is 13.1. The van der Waals surface area contributed by atoms with Gasteiger partial charge in [0.1, 0.15) is 5.75 Å². The fraction of sp³-hybridized carbons (Fsp3) is 0.591. The number of likely N-dealkylation sites (tertiary alicyclic amines) is 2. The molecule has 5 heteroatoms. The van der Waals surface area contributed by atoms with E-state index >= 15 is 0 Å². The van der Waals surface area contributed by atoms with E-state index in [4.69, 9.17) is 4.74 Å². The van der Waals surface area contributed by atoms with Gasteiger partial charge in [0.25, 0.3) is 0 Å². The van der Waals surface area contributed by atoms with Crippen molar-refractivity contribution in [2.75, 3.05) is 38.5 Å². The van der Waals surface area contributed by atoms with Gasteiger partial charge in [0.15, 0.2) is 0 Å². The van der Waals surface area contributed by atoms with Crippen LogP contribution in [0.25, 0.3) is 5.57 Å². The van der Waals surface area contributed by atoms with Crippen LogP contribution in [0.15, 0.2) is 24.3 Å². The highest BCUT2D eigenvalue weighted by Gasteiger charge is 2.28. The first-order valence-electron chi connectivity index (χ1n) is 10.3. The summed E-state index contributed by atoms with van der Waals surface area (Å²) in [5, 5.41) is 3.19. The summed E-state index contributed by atoms with van der Waals surface area (Å²) in [5.41, 5.74) is 3.25. The maximum atomic E-state index is 12.6. The summed E-state index contributed by atoms with van der Waals surface area (Å²) in [7, 11) is 1.90. The zero-order valence-electron chi connectivity index (χ0n) is 17.0. The lowest BCUT2D eigenvalue weighted by Gasteiger charge is -2.39. The van der Waals surface area contributed by atoms with Gasteiger partial charge in [-0.1, -0.05) is 12.5 Å². The van der Waals surface area contributed by atoms with Crippen molar-refractivity contribution in [2.45, 2.75) is 52.0 Å². The van der Waals surface area contributed by atoms with Crippen molar-refractivity contribution in [1.82, 2.24) is 9.80 Å². The molecule has 2 fully saturated rings. The lowest BCUT2D eigenvalue weighted by molar-refractivity contribution is 0.0878. The number of carbonyl (C=O) groups excluding carboxylic acids is 1. The molecule has 2 saturated heterocycles. The molecule has 2 aliphatic heterocycles. The zero-order chi connectivity index (χ0) is 19.2. The molecule has 0 bridgehead atoms. The number of carbonyl (C=O) groups is 1. The monoisotopic (exact) mass is 371 g/mol. The predicted octanol–water partition coefficient (Wildman–Crippen LogP) is 4.60. The minimum atomic E-state index is -0.228. The molecule has 2 aliphatic rings. The molecule has 0 radical (unpaired) electrons. The number of nitrogens with zero attached hydrogens (tertiary/aromatic N) is 2. The van der Waals surface area contributed by atoms with E-state index in [1.165, 1.54) is 32.4 Å². The molecule has 1 N–H and O–H groups in total. The van der Waals surface area contributed by atoms with Crippen LogP contribution in [0.2, 0.25) is 0 Å². The van der Waals surface area contributed by atoms with E-state index < -0.39 is 0 Å². The van der Waals surface area contributed by atoms with Crippen molar-refractivity contribution in [3.8, 4) is 5.75 Å². The number of rotatable bonds is 4. The number of nitrogens with one attached hydrogen (secondary N) is 1. The van der Waals surface area contributed by atoms with Crippen LogP contribution in [0.4, 0.5) is 10.5 Å². The molecule has 1 amide bonds. The highest BCUT2D eigenvalue weighted by molar-refractivity contribution is 5.77. The van der Waals surface area contributed by atoms with Crippen molar-refractivity contribution in [2.24, 2.45) is 0 Å². The third-order valence-corrected chi connectivity index (χ3v) is 5.95. The summed E-state index contributed by atoms with van der Waals surface area (Å²) in [4.78, 5) is 17.1. The molecule has 0 aliphatic carbocycles. The second kappa shape index (κ2) is 9.27. The van der Waals surface area contributed by atoms with Gasteiger partial charge in [-0.3, -0.25) is 0 Å². The normalized spacial score (nSPS) is 19.8. The molecular weight excluding hydrogens is 338 g/mol. The Morgan fingerprint density at radius 1 is 1.15 bits per heavy atom. The van der Waals surface area contributed by atoms with Gasteiger partial charge in [0, 0.05) is 37.4 Å². The minimum absolute atomic E-state index is 0.228. The van der Waals surface area contributed by atoms with E-state index in [2.05, 4.69) is 23.2 Å². The second-order valence-electron chi connectivity index (χ2n) is 7.61. The summed E-state index contributed by atoms with van der Waals surface area (Å²) in [6.45, 7) is 8.10. The average molecular weight is 372 g/mol. The van der Waals surface area contributed by atoms with Gasteiger partial charge >= 0.3 is 6.09 Å². The molecule has 0 aromatic heterocycles. The molecule has 148 valence electrons. The SMILES string of the molecule is C/C=C(/C)c1cc(OC(=O)N2CCC(N3CCCCC3)CC2)ccc1NC. The van der Waals surface area contributed by atoms with E-state index in [1.807, 2.05) is 37.1 Å². The Kier molecular flexibility index (Phi) is 6.78. The molecule has 0 atom stereocenters. The maximum Gasteiger partial charge on any atom is 0.415 e. The number of hydrogen-bond acceptors (Lipinski definition) is 4. The fourth-order valence-corrected chi connectivity index (χ4v) is 4.15. The van der Waals surface area contributed by atoms with Gasteiger partial charge in [-0.25, -0.2) is 4.79 Å². The fourth-order valence-electron chi connectivity index (χ4n) is 4.15. The molecule has 2 heterocycles. The van der Waals surface area contributed by atoms with Crippen molar-refractivity contribution >= 4 is 17.4 Å². The number of benzene rings is 1. The predicted molar refractivity (Wildman–Crippen MR) is 111 cm³/mol. The van der Waals surface area contributed by atoms with Crippen LogP contribution in [0.3, 0.4) is 0 Å². The molecule has 1 aromatic rings. The zero-order valence-corrected chi connectivity index (χ0v) is 17.0. The smallest absolute Gasteiger partial charge is 0.410 e. The Morgan fingerprint density at radius 2 is 1.85 bits per heavy atom. The van der Waals surface area contributed by atoms with E-state index in [0.717, 1.165) is 42.8 Å². The molecule has 1 aromatic carbocycles. The summed E-state index contributed by atoms with van der Waals surface area (Å²) in [5.74, 6) is 0.605. The molecule has 3 rings (SSSR count). The average Bonchev–Trinajstić information content (AvgIpc) is 2.73. The Bertz CT molecular complexity index is 672. The number of anilines is 1. The largest absolute Gasteiger partial charge is 0.415 e. The molecule has 5 nitrogen and oxygen atoms in total. The number of allylic oxidation sites excluding steroid dienone is 2. The van der Waals surface area contributed by atoms with E-state index in [-0.39, 0.29) is 6.09 Å². The van der Waals surface area contributed by atoms with Gasteiger partial charge < -0.3 is 19.9 Å². The molecule has 0 saturated carbocycles. The minimum Gasteiger partial charge on any atom is -0.410 e. The van der Waals surface area contributed by atoms with Crippen LogP contribution in [-0.2, 0) is 0 Å². The Morgan fingerprint density at radius 3 is 2.48 bits per heavy atom. The van der Waals surface area contributed by atoms with Crippen LogP contribution >= 0.6 is 0 Å². The second-order valence-corrected chi connectivity index (χ2v) is 7.61. The Hall–Kier alpha value is -2.01. The maximum absolute atomic E-state index is 12.6. The van der Waals surface area contributed by atoms with Crippen LogP contribution in [-0.4, -0.2) is 55.2 Å². The van der Waals surface area contributed by atoms with E-state index in [1.54, 1.807) is 0 Å². The number of ether oxygens (including phenoxy) is 1. The van der Waals surface area contributed by atoms with Crippen LogP contribution in [0.1, 0.15) is 51.5 Å². The van der Waals surface area contributed by atoms with Gasteiger partial charge in [-0.05, 0) is 76.4 Å². The molecule has 0 unspecified atom stereocenters. The number of piperidine rings is 2. The summed E-state index contributed by atoms with van der Waals surface area (Å²) >= 11 is 0. The Balaban J connectivity index is 1.58. The van der Waals surface area contributed by atoms with E-state index in [9.17, 15) is 4.79 Å². The van der Waals surface area contributed by atoms with Gasteiger partial charge in [-0.2, -0.15) is 0 Å².